The first kappa shape index (κ1) is 20.8. The fourth-order valence-corrected chi connectivity index (χ4v) is 3.50. The van der Waals surface area contributed by atoms with Gasteiger partial charge in [0, 0.05) is 32.7 Å². The second-order valence-corrected chi connectivity index (χ2v) is 8.36. The molecule has 2 N–H and O–H groups in total. The zero-order valence-corrected chi connectivity index (χ0v) is 17.0. The van der Waals surface area contributed by atoms with Crippen molar-refractivity contribution in [2.75, 3.05) is 52.4 Å². The zero-order chi connectivity index (χ0) is 19.2. The van der Waals surface area contributed by atoms with E-state index in [1.54, 1.807) is 4.90 Å². The molecule has 0 saturated carbocycles. The highest BCUT2D eigenvalue weighted by Crippen LogP contribution is 2.20. The number of carbonyl (C=O) groups excluding carboxylic acids is 1. The lowest BCUT2D eigenvalue weighted by molar-refractivity contribution is 0.0186. The zero-order valence-electron chi connectivity index (χ0n) is 17.0. The monoisotopic (exact) mass is 367 g/mol. The molecule has 2 heterocycles. The minimum atomic E-state index is -0.456. The largest absolute Gasteiger partial charge is 0.444 e. The van der Waals surface area contributed by atoms with Crippen molar-refractivity contribution in [3.63, 3.8) is 0 Å². The summed E-state index contributed by atoms with van der Waals surface area (Å²) in [5.41, 5.74) is 5.71. The molecule has 2 rings (SSSR count). The van der Waals surface area contributed by atoms with E-state index >= 15 is 0 Å². The fourth-order valence-electron chi connectivity index (χ4n) is 3.50. The molecule has 7 nitrogen and oxygen atoms in total. The fraction of sp³-hybridized carbons (Fsp3) is 0.895. The molecular weight excluding hydrogens is 330 g/mol. The number of nitrogens with zero attached hydrogens (tertiary/aromatic N) is 4. The van der Waals surface area contributed by atoms with Crippen LogP contribution in [0.25, 0.3) is 0 Å². The molecule has 0 aliphatic carbocycles. The molecule has 2 aliphatic heterocycles. The number of likely N-dealkylation sites (tertiary alicyclic amines) is 1. The number of carbonyl (C=O) groups is 1. The van der Waals surface area contributed by atoms with E-state index in [1.165, 1.54) is 25.9 Å². The van der Waals surface area contributed by atoms with Gasteiger partial charge in [0.15, 0.2) is 5.96 Å². The molecule has 0 unspecified atom stereocenters. The van der Waals surface area contributed by atoms with Crippen molar-refractivity contribution in [2.45, 2.75) is 52.6 Å². The Hall–Kier alpha value is -1.50. The van der Waals surface area contributed by atoms with Gasteiger partial charge in [0.1, 0.15) is 5.60 Å². The Labute approximate surface area is 158 Å². The van der Waals surface area contributed by atoms with Gasteiger partial charge in [0.05, 0.1) is 0 Å². The molecule has 0 aromatic heterocycles. The first-order valence-electron chi connectivity index (χ1n) is 10.0. The molecule has 0 spiro atoms. The second-order valence-electron chi connectivity index (χ2n) is 8.36. The van der Waals surface area contributed by atoms with Crippen LogP contribution < -0.4 is 5.73 Å². The van der Waals surface area contributed by atoms with Crippen LogP contribution in [0.15, 0.2) is 4.99 Å². The van der Waals surface area contributed by atoms with E-state index < -0.39 is 5.60 Å². The first-order chi connectivity index (χ1) is 12.3. The van der Waals surface area contributed by atoms with Crippen molar-refractivity contribution in [3.05, 3.63) is 0 Å². The number of rotatable bonds is 4. The molecular formula is C19H37N5O2. The van der Waals surface area contributed by atoms with Crippen molar-refractivity contribution in [3.8, 4) is 0 Å². The highest BCUT2D eigenvalue weighted by atomic mass is 16.6. The van der Waals surface area contributed by atoms with Gasteiger partial charge in [0.2, 0.25) is 0 Å². The topological polar surface area (TPSA) is 74.4 Å². The number of hydrogen-bond donors (Lipinski definition) is 1. The van der Waals surface area contributed by atoms with E-state index in [9.17, 15) is 4.79 Å². The number of nitrogens with two attached hydrogens (primary N) is 1. The third kappa shape index (κ3) is 6.67. The quantitative estimate of drug-likeness (QED) is 0.607. The minimum absolute atomic E-state index is 0.244. The van der Waals surface area contributed by atoms with Crippen molar-refractivity contribution in [1.82, 2.24) is 14.7 Å². The lowest BCUT2D eigenvalue weighted by Gasteiger charge is -2.36. The molecule has 0 aromatic carbocycles. The Balaban J connectivity index is 1.68. The van der Waals surface area contributed by atoms with Crippen LogP contribution >= 0.6 is 0 Å². The standard InChI is InChI=1S/C19H37N5O2/c1-5-22-10-7-16(8-11-22)6-9-21-17(20)23-12-14-24(15-13-23)18(25)26-19(2,3)4/h16H,5-15H2,1-4H3,(H2,20,21). The van der Waals surface area contributed by atoms with E-state index in [0.29, 0.717) is 32.1 Å². The molecule has 2 fully saturated rings. The summed E-state index contributed by atoms with van der Waals surface area (Å²) in [4.78, 5) is 23.0. The molecule has 0 atom stereocenters. The highest BCUT2D eigenvalue weighted by molar-refractivity contribution is 5.78. The predicted octanol–water partition coefficient (Wildman–Crippen LogP) is 1.98. The smallest absolute Gasteiger partial charge is 0.410 e. The van der Waals surface area contributed by atoms with Crippen LogP contribution in [-0.4, -0.2) is 84.7 Å². The average molecular weight is 368 g/mol. The lowest BCUT2D eigenvalue weighted by atomic mass is 9.94. The number of piperidine rings is 1. The van der Waals surface area contributed by atoms with Crippen molar-refractivity contribution < 1.29 is 9.53 Å². The second kappa shape index (κ2) is 9.44. The summed E-state index contributed by atoms with van der Waals surface area (Å²) in [5, 5.41) is 0. The van der Waals surface area contributed by atoms with Crippen LogP contribution in [-0.2, 0) is 4.74 Å². The summed E-state index contributed by atoms with van der Waals surface area (Å²) in [7, 11) is 0. The molecule has 2 aliphatic rings. The number of piperazine rings is 1. The van der Waals surface area contributed by atoms with Crippen LogP contribution in [0.5, 0.6) is 0 Å². The minimum Gasteiger partial charge on any atom is -0.444 e. The maximum atomic E-state index is 12.1. The Morgan fingerprint density at radius 2 is 1.65 bits per heavy atom. The van der Waals surface area contributed by atoms with E-state index in [2.05, 4.69) is 21.7 Å². The van der Waals surface area contributed by atoms with Gasteiger partial charge < -0.3 is 25.2 Å². The van der Waals surface area contributed by atoms with Crippen LogP contribution in [0.1, 0.15) is 47.0 Å². The van der Waals surface area contributed by atoms with Gasteiger partial charge in [-0.3, -0.25) is 4.99 Å². The van der Waals surface area contributed by atoms with E-state index in [0.717, 1.165) is 25.4 Å². The molecule has 7 heteroatoms. The van der Waals surface area contributed by atoms with E-state index in [4.69, 9.17) is 10.5 Å². The molecule has 0 radical (unpaired) electrons. The number of guanidine groups is 1. The van der Waals surface area contributed by atoms with Gasteiger partial charge in [-0.15, -0.1) is 0 Å². The Kier molecular flexibility index (Phi) is 7.55. The van der Waals surface area contributed by atoms with E-state index in [-0.39, 0.29) is 6.09 Å². The van der Waals surface area contributed by atoms with Crippen molar-refractivity contribution >= 4 is 12.1 Å². The summed E-state index contributed by atoms with van der Waals surface area (Å²) in [6.45, 7) is 15.0. The Morgan fingerprint density at radius 3 is 2.19 bits per heavy atom. The van der Waals surface area contributed by atoms with Crippen LogP contribution in [0.4, 0.5) is 4.79 Å². The lowest BCUT2D eigenvalue weighted by Crippen LogP contribution is -2.53. The molecule has 0 aromatic rings. The van der Waals surface area contributed by atoms with Crippen LogP contribution in [0, 0.1) is 5.92 Å². The number of aliphatic imine (C=N–C) groups is 1. The third-order valence-electron chi connectivity index (χ3n) is 5.22. The summed E-state index contributed by atoms with van der Waals surface area (Å²) in [5.74, 6) is 1.39. The first-order valence-corrected chi connectivity index (χ1v) is 10.0. The average Bonchev–Trinajstić information content (AvgIpc) is 2.61. The van der Waals surface area contributed by atoms with Crippen LogP contribution in [0.2, 0.25) is 0 Å². The van der Waals surface area contributed by atoms with Crippen molar-refractivity contribution in [1.29, 1.82) is 0 Å². The SMILES string of the molecule is CCN1CCC(CCN=C(N)N2CCN(C(=O)OC(C)(C)C)CC2)CC1. The molecule has 1 amide bonds. The molecule has 0 bridgehead atoms. The van der Waals surface area contributed by atoms with Gasteiger partial charge in [-0.05, 0) is 65.6 Å². The molecule has 150 valence electrons. The molecule has 2 saturated heterocycles. The predicted molar refractivity (Wildman–Crippen MR) is 105 cm³/mol. The maximum absolute atomic E-state index is 12.1. The van der Waals surface area contributed by atoms with Crippen LogP contribution in [0.3, 0.4) is 0 Å². The van der Waals surface area contributed by atoms with Gasteiger partial charge in [-0.2, -0.15) is 0 Å². The van der Waals surface area contributed by atoms with Gasteiger partial charge in [-0.25, -0.2) is 4.79 Å². The van der Waals surface area contributed by atoms with Gasteiger partial charge >= 0.3 is 6.09 Å². The van der Waals surface area contributed by atoms with Gasteiger partial charge in [-0.1, -0.05) is 6.92 Å². The highest BCUT2D eigenvalue weighted by Gasteiger charge is 2.26. The summed E-state index contributed by atoms with van der Waals surface area (Å²) < 4.78 is 5.42. The summed E-state index contributed by atoms with van der Waals surface area (Å²) >= 11 is 0. The Morgan fingerprint density at radius 1 is 1.08 bits per heavy atom. The van der Waals surface area contributed by atoms with E-state index in [1.807, 2.05) is 20.8 Å². The summed E-state index contributed by atoms with van der Waals surface area (Å²) in [6.07, 6.45) is 3.43. The summed E-state index contributed by atoms with van der Waals surface area (Å²) in [6, 6.07) is 0. The van der Waals surface area contributed by atoms with Crippen molar-refractivity contribution in [2.24, 2.45) is 16.6 Å². The maximum Gasteiger partial charge on any atom is 0.410 e. The number of ether oxygens (including phenoxy) is 1. The Bertz CT molecular complexity index is 473. The number of hydrogen-bond acceptors (Lipinski definition) is 4. The molecule has 26 heavy (non-hydrogen) atoms. The third-order valence-corrected chi connectivity index (χ3v) is 5.22. The van der Waals surface area contributed by atoms with Gasteiger partial charge in [0.25, 0.3) is 0 Å². The normalized spacial score (nSPS) is 21.2. The number of amides is 1.